The standard InChI is InChI=1S/C12H8F3NO5/c13-12(14,15)7-3-1-2-6(4-7)10(19)16-8(11(20)21)5-9(17)18/h1-5H,(H,16,19)(H,17,18)(H,20,21). The Morgan fingerprint density at radius 3 is 2.24 bits per heavy atom. The molecule has 0 aromatic heterocycles. The number of carboxylic acids is 2. The van der Waals surface area contributed by atoms with Gasteiger partial charge in [0.1, 0.15) is 5.70 Å². The van der Waals surface area contributed by atoms with Crippen molar-refractivity contribution in [1.29, 1.82) is 0 Å². The van der Waals surface area contributed by atoms with Crippen LogP contribution in [0.3, 0.4) is 0 Å². The number of carboxylic acid groups (broad SMARTS) is 2. The number of hydrogen-bond acceptors (Lipinski definition) is 3. The summed E-state index contributed by atoms with van der Waals surface area (Å²) in [5, 5.41) is 18.8. The van der Waals surface area contributed by atoms with E-state index in [1.165, 1.54) is 0 Å². The van der Waals surface area contributed by atoms with Crippen LogP contribution in [0.15, 0.2) is 36.0 Å². The van der Waals surface area contributed by atoms with Crippen molar-refractivity contribution in [2.45, 2.75) is 6.18 Å². The highest BCUT2D eigenvalue weighted by atomic mass is 19.4. The zero-order valence-electron chi connectivity index (χ0n) is 10.1. The fraction of sp³-hybridized carbons (Fsp3) is 0.0833. The van der Waals surface area contributed by atoms with E-state index in [4.69, 9.17) is 10.2 Å². The van der Waals surface area contributed by atoms with E-state index in [1.807, 2.05) is 0 Å². The summed E-state index contributed by atoms with van der Waals surface area (Å²) in [4.78, 5) is 32.7. The lowest BCUT2D eigenvalue weighted by molar-refractivity contribution is -0.137. The SMILES string of the molecule is O=C(O)C=C(NC(=O)c1cccc(C(F)(F)F)c1)C(=O)O. The monoisotopic (exact) mass is 303 g/mol. The van der Waals surface area contributed by atoms with Gasteiger partial charge in [-0.2, -0.15) is 13.2 Å². The molecule has 9 heteroatoms. The molecule has 0 heterocycles. The van der Waals surface area contributed by atoms with Crippen LogP contribution < -0.4 is 5.32 Å². The maximum Gasteiger partial charge on any atom is 0.416 e. The molecule has 112 valence electrons. The number of nitrogens with one attached hydrogen (secondary N) is 1. The molecule has 6 nitrogen and oxygen atoms in total. The van der Waals surface area contributed by atoms with Crippen LogP contribution in [0.2, 0.25) is 0 Å². The first-order valence-electron chi connectivity index (χ1n) is 5.28. The first-order valence-corrected chi connectivity index (χ1v) is 5.28. The van der Waals surface area contributed by atoms with Gasteiger partial charge < -0.3 is 15.5 Å². The average Bonchev–Trinajstić information content (AvgIpc) is 2.36. The molecule has 21 heavy (non-hydrogen) atoms. The predicted molar refractivity (Wildman–Crippen MR) is 62.3 cm³/mol. The molecule has 1 aromatic rings. The van der Waals surface area contributed by atoms with Crippen LogP contribution >= 0.6 is 0 Å². The van der Waals surface area contributed by atoms with Gasteiger partial charge in [0.25, 0.3) is 5.91 Å². The van der Waals surface area contributed by atoms with E-state index in [0.717, 1.165) is 18.2 Å². The maximum atomic E-state index is 12.5. The average molecular weight is 303 g/mol. The summed E-state index contributed by atoms with van der Waals surface area (Å²) < 4.78 is 37.4. The Morgan fingerprint density at radius 1 is 1.14 bits per heavy atom. The van der Waals surface area contributed by atoms with Crippen molar-refractivity contribution in [2.75, 3.05) is 0 Å². The lowest BCUT2D eigenvalue weighted by Gasteiger charge is -2.09. The number of halogens is 3. The second-order valence-electron chi connectivity index (χ2n) is 3.73. The Morgan fingerprint density at radius 2 is 1.76 bits per heavy atom. The van der Waals surface area contributed by atoms with Gasteiger partial charge in [-0.05, 0) is 18.2 Å². The number of benzene rings is 1. The highest BCUT2D eigenvalue weighted by Crippen LogP contribution is 2.29. The molecule has 0 aliphatic rings. The van der Waals surface area contributed by atoms with Gasteiger partial charge in [-0.1, -0.05) is 6.07 Å². The molecule has 0 saturated heterocycles. The Balaban J connectivity index is 3.04. The van der Waals surface area contributed by atoms with Crippen LogP contribution in [0, 0.1) is 0 Å². The Bertz CT molecular complexity index is 622. The van der Waals surface area contributed by atoms with E-state index < -0.39 is 40.8 Å². The third kappa shape index (κ3) is 4.64. The van der Waals surface area contributed by atoms with Gasteiger partial charge >= 0.3 is 18.1 Å². The second kappa shape index (κ2) is 6.07. The van der Waals surface area contributed by atoms with Crippen molar-refractivity contribution in [3.63, 3.8) is 0 Å². The van der Waals surface area contributed by atoms with Crippen LogP contribution in [-0.4, -0.2) is 28.1 Å². The molecular formula is C12H8F3NO5. The fourth-order valence-electron chi connectivity index (χ4n) is 1.31. The molecule has 0 aliphatic heterocycles. The van der Waals surface area contributed by atoms with Crippen molar-refractivity contribution in [2.24, 2.45) is 0 Å². The van der Waals surface area contributed by atoms with Gasteiger partial charge in [0.05, 0.1) is 11.6 Å². The molecule has 1 amide bonds. The first-order chi connectivity index (χ1) is 9.61. The fourth-order valence-corrected chi connectivity index (χ4v) is 1.31. The van der Waals surface area contributed by atoms with Crippen LogP contribution in [0.1, 0.15) is 15.9 Å². The van der Waals surface area contributed by atoms with Gasteiger partial charge in [0.2, 0.25) is 0 Å². The largest absolute Gasteiger partial charge is 0.478 e. The minimum atomic E-state index is -4.66. The van der Waals surface area contributed by atoms with E-state index >= 15 is 0 Å². The van der Waals surface area contributed by atoms with Crippen molar-refractivity contribution >= 4 is 17.8 Å². The smallest absolute Gasteiger partial charge is 0.416 e. The topological polar surface area (TPSA) is 104 Å². The number of hydrogen-bond donors (Lipinski definition) is 3. The van der Waals surface area contributed by atoms with E-state index in [9.17, 15) is 27.6 Å². The molecule has 1 rings (SSSR count). The molecule has 0 radical (unpaired) electrons. The third-order valence-corrected chi connectivity index (χ3v) is 2.20. The summed E-state index contributed by atoms with van der Waals surface area (Å²) in [6.45, 7) is 0. The lowest BCUT2D eigenvalue weighted by Crippen LogP contribution is -2.28. The zero-order valence-corrected chi connectivity index (χ0v) is 10.1. The number of alkyl halides is 3. The van der Waals surface area contributed by atoms with Gasteiger partial charge in [-0.25, -0.2) is 9.59 Å². The van der Waals surface area contributed by atoms with Crippen LogP contribution in [-0.2, 0) is 15.8 Å². The summed E-state index contributed by atoms with van der Waals surface area (Å²) >= 11 is 0. The minimum Gasteiger partial charge on any atom is -0.478 e. The van der Waals surface area contributed by atoms with Gasteiger partial charge in [-0.15, -0.1) is 0 Å². The number of carbonyl (C=O) groups is 3. The highest BCUT2D eigenvalue weighted by molar-refractivity contribution is 6.03. The molecule has 0 fully saturated rings. The van der Waals surface area contributed by atoms with E-state index in [-0.39, 0.29) is 6.08 Å². The number of rotatable bonds is 4. The van der Waals surface area contributed by atoms with E-state index in [0.29, 0.717) is 6.07 Å². The Hall–Kier alpha value is -2.84. The molecule has 3 N–H and O–H groups in total. The van der Waals surface area contributed by atoms with Crippen molar-refractivity contribution in [3.8, 4) is 0 Å². The molecule has 0 aliphatic carbocycles. The van der Waals surface area contributed by atoms with Gasteiger partial charge in [0.15, 0.2) is 0 Å². The molecule has 0 unspecified atom stereocenters. The normalized spacial score (nSPS) is 11.9. The van der Waals surface area contributed by atoms with E-state index in [1.54, 1.807) is 5.32 Å². The summed E-state index contributed by atoms with van der Waals surface area (Å²) in [5.74, 6) is -4.54. The zero-order chi connectivity index (χ0) is 16.2. The number of amides is 1. The van der Waals surface area contributed by atoms with E-state index in [2.05, 4.69) is 0 Å². The summed E-state index contributed by atoms with van der Waals surface area (Å²) in [5.41, 5.74) is -2.51. The minimum absolute atomic E-state index is 0.216. The molecule has 0 bridgehead atoms. The first kappa shape index (κ1) is 16.2. The number of carbonyl (C=O) groups excluding carboxylic acids is 1. The van der Waals surface area contributed by atoms with Gasteiger partial charge in [0, 0.05) is 5.56 Å². The van der Waals surface area contributed by atoms with Gasteiger partial charge in [-0.3, -0.25) is 4.79 Å². The summed E-state index contributed by atoms with van der Waals surface area (Å²) in [7, 11) is 0. The molecule has 0 atom stereocenters. The van der Waals surface area contributed by atoms with Crippen LogP contribution in [0.4, 0.5) is 13.2 Å². The quantitative estimate of drug-likeness (QED) is 0.731. The molecular weight excluding hydrogens is 295 g/mol. The maximum absolute atomic E-state index is 12.5. The Kier molecular flexibility index (Phi) is 4.69. The van der Waals surface area contributed by atoms with Crippen molar-refractivity contribution in [3.05, 3.63) is 47.2 Å². The number of aliphatic carboxylic acids is 2. The molecule has 0 spiro atoms. The van der Waals surface area contributed by atoms with Crippen LogP contribution in [0.25, 0.3) is 0 Å². The Labute approximate surface area is 115 Å². The molecule has 0 saturated carbocycles. The summed E-state index contributed by atoms with van der Waals surface area (Å²) in [6.07, 6.45) is -4.45. The molecule has 1 aromatic carbocycles. The second-order valence-corrected chi connectivity index (χ2v) is 3.73. The third-order valence-electron chi connectivity index (χ3n) is 2.20. The van der Waals surface area contributed by atoms with Crippen LogP contribution in [0.5, 0.6) is 0 Å². The van der Waals surface area contributed by atoms with Crippen molar-refractivity contribution in [1.82, 2.24) is 5.32 Å². The summed E-state index contributed by atoms with van der Waals surface area (Å²) in [6, 6.07) is 3.27. The predicted octanol–water partition coefficient (Wildman–Crippen LogP) is 1.49. The highest BCUT2D eigenvalue weighted by Gasteiger charge is 2.31. The lowest BCUT2D eigenvalue weighted by atomic mass is 10.1. The van der Waals surface area contributed by atoms with Crippen molar-refractivity contribution < 1.29 is 37.8 Å².